The lowest BCUT2D eigenvalue weighted by Crippen LogP contribution is -2.14. The van der Waals surface area contributed by atoms with Gasteiger partial charge in [0.25, 0.3) is 0 Å². The Morgan fingerprint density at radius 3 is 2.48 bits per heavy atom. The molecule has 3 rings (SSSR count). The highest BCUT2D eigenvalue weighted by Gasteiger charge is 2.20. The van der Waals surface area contributed by atoms with E-state index >= 15 is 0 Å². The summed E-state index contributed by atoms with van der Waals surface area (Å²) in [7, 11) is 0. The van der Waals surface area contributed by atoms with Gasteiger partial charge in [-0.2, -0.15) is 5.26 Å². The third-order valence-electron chi connectivity index (χ3n) is 3.89. The second kappa shape index (κ2) is 7.05. The van der Waals surface area contributed by atoms with Crippen molar-refractivity contribution in [2.45, 2.75) is 19.8 Å². The zero-order valence-corrected chi connectivity index (χ0v) is 13.7. The van der Waals surface area contributed by atoms with Gasteiger partial charge in [0.05, 0.1) is 17.3 Å². The molecule has 25 heavy (non-hydrogen) atoms. The van der Waals surface area contributed by atoms with Gasteiger partial charge < -0.3 is 14.8 Å². The number of amides is 1. The Labute approximate surface area is 145 Å². The van der Waals surface area contributed by atoms with Gasteiger partial charge in [-0.15, -0.1) is 0 Å². The van der Waals surface area contributed by atoms with Crippen LogP contribution in [-0.2, 0) is 11.2 Å². The fraction of sp³-hybridized carbons (Fsp3) is 0.211. The summed E-state index contributed by atoms with van der Waals surface area (Å²) in [5, 5.41) is 11.6. The number of nitriles is 1. The van der Waals surface area contributed by atoms with Gasteiger partial charge in [0.1, 0.15) is 0 Å². The van der Waals surface area contributed by atoms with E-state index in [4.69, 9.17) is 14.7 Å². The summed E-state index contributed by atoms with van der Waals surface area (Å²) in [5.41, 5.74) is 2.35. The molecule has 2 aromatic rings. The van der Waals surface area contributed by atoms with Crippen LogP contribution < -0.4 is 14.8 Å². The Kier molecular flexibility index (Phi) is 4.66. The Bertz CT molecular complexity index is 866. The van der Waals surface area contributed by atoms with Gasteiger partial charge in [-0.1, -0.05) is 12.1 Å². The molecule has 0 radical (unpaired) electrons. The highest BCUT2D eigenvalue weighted by molar-refractivity contribution is 6.04. The molecule has 0 saturated heterocycles. The molecule has 2 aromatic carbocycles. The average molecular weight is 336 g/mol. The lowest BCUT2D eigenvalue weighted by molar-refractivity contribution is -0.116. The number of carbonyl (C=O) groups is 2. The summed E-state index contributed by atoms with van der Waals surface area (Å²) in [6.07, 6.45) is 0.801. The SMILES string of the molecule is CC(=O)c1cc2c(cc1NC(=O)CCc1ccc(C#N)cc1)OCO2. The molecule has 6 nitrogen and oxygen atoms in total. The Morgan fingerprint density at radius 2 is 1.84 bits per heavy atom. The third-order valence-corrected chi connectivity index (χ3v) is 3.89. The fourth-order valence-electron chi connectivity index (χ4n) is 2.55. The predicted molar refractivity (Wildman–Crippen MR) is 90.7 cm³/mol. The van der Waals surface area contributed by atoms with Crippen LogP contribution in [0.5, 0.6) is 11.5 Å². The van der Waals surface area contributed by atoms with E-state index in [1.165, 1.54) is 6.92 Å². The van der Waals surface area contributed by atoms with Crippen LogP contribution >= 0.6 is 0 Å². The van der Waals surface area contributed by atoms with Crippen molar-refractivity contribution in [3.63, 3.8) is 0 Å². The Balaban J connectivity index is 1.68. The summed E-state index contributed by atoms with van der Waals surface area (Å²) in [6, 6.07) is 12.3. The highest BCUT2D eigenvalue weighted by atomic mass is 16.7. The van der Waals surface area contributed by atoms with Crippen LogP contribution in [0.1, 0.15) is 34.8 Å². The minimum atomic E-state index is -0.203. The molecule has 1 heterocycles. The number of nitrogens with zero attached hydrogens (tertiary/aromatic N) is 1. The third kappa shape index (κ3) is 3.78. The van der Waals surface area contributed by atoms with Crippen LogP contribution in [-0.4, -0.2) is 18.5 Å². The van der Waals surface area contributed by atoms with Gasteiger partial charge in [0.2, 0.25) is 12.7 Å². The maximum Gasteiger partial charge on any atom is 0.231 e. The lowest BCUT2D eigenvalue weighted by Gasteiger charge is -2.10. The molecule has 1 amide bonds. The van der Waals surface area contributed by atoms with Gasteiger partial charge in [-0.05, 0) is 37.1 Å². The molecule has 1 aliphatic rings. The molecule has 0 unspecified atom stereocenters. The molecule has 0 spiro atoms. The predicted octanol–water partition coefficient (Wildman–Crippen LogP) is 3.06. The second-order valence-corrected chi connectivity index (χ2v) is 5.66. The zero-order valence-electron chi connectivity index (χ0n) is 13.7. The highest BCUT2D eigenvalue weighted by Crippen LogP contribution is 2.37. The topological polar surface area (TPSA) is 88.4 Å². The smallest absolute Gasteiger partial charge is 0.231 e. The number of carbonyl (C=O) groups excluding carboxylic acids is 2. The average Bonchev–Trinajstić information content (AvgIpc) is 3.07. The van der Waals surface area contributed by atoms with Crippen molar-refractivity contribution in [2.24, 2.45) is 0 Å². The summed E-state index contributed by atoms with van der Waals surface area (Å²) < 4.78 is 10.6. The standard InChI is InChI=1S/C19H16N2O4/c1-12(22)15-8-17-18(25-11-24-17)9-16(15)21-19(23)7-6-13-2-4-14(10-20)5-3-13/h2-5,8-9H,6-7,11H2,1H3,(H,21,23). The number of aryl methyl sites for hydroxylation is 1. The van der Waals surface area contributed by atoms with Crippen LogP contribution in [0.2, 0.25) is 0 Å². The van der Waals surface area contributed by atoms with E-state index in [0.29, 0.717) is 34.7 Å². The van der Waals surface area contributed by atoms with Crippen LogP contribution in [0.3, 0.4) is 0 Å². The van der Waals surface area contributed by atoms with Crippen molar-refractivity contribution in [1.82, 2.24) is 0 Å². The summed E-state index contributed by atoms with van der Waals surface area (Å²) in [5.74, 6) is 0.639. The number of ketones is 1. The molecule has 0 bridgehead atoms. The molecule has 1 aliphatic heterocycles. The molecule has 6 heteroatoms. The molecule has 0 fully saturated rings. The van der Waals surface area contributed by atoms with Crippen LogP contribution in [0.25, 0.3) is 0 Å². The van der Waals surface area contributed by atoms with E-state index in [9.17, 15) is 9.59 Å². The summed E-state index contributed by atoms with van der Waals surface area (Å²) in [6.45, 7) is 1.53. The molecular weight excluding hydrogens is 320 g/mol. The van der Waals surface area contributed by atoms with Gasteiger partial charge in [0.15, 0.2) is 17.3 Å². The molecule has 0 atom stereocenters. The minimum absolute atomic E-state index is 0.1000. The first-order valence-electron chi connectivity index (χ1n) is 7.80. The first kappa shape index (κ1) is 16.5. The van der Waals surface area contributed by atoms with E-state index < -0.39 is 0 Å². The largest absolute Gasteiger partial charge is 0.454 e. The number of fused-ring (bicyclic) bond motifs is 1. The molecule has 0 saturated carbocycles. The van der Waals surface area contributed by atoms with E-state index in [1.807, 2.05) is 12.1 Å². The van der Waals surface area contributed by atoms with Gasteiger partial charge in [0, 0.05) is 18.1 Å². The van der Waals surface area contributed by atoms with Gasteiger partial charge in [-0.25, -0.2) is 0 Å². The number of hydrogen-bond acceptors (Lipinski definition) is 5. The lowest BCUT2D eigenvalue weighted by atomic mass is 10.1. The van der Waals surface area contributed by atoms with Gasteiger partial charge in [-0.3, -0.25) is 9.59 Å². The van der Waals surface area contributed by atoms with E-state index in [0.717, 1.165) is 5.56 Å². The minimum Gasteiger partial charge on any atom is -0.454 e. The summed E-state index contributed by atoms with van der Waals surface area (Å²) >= 11 is 0. The number of benzene rings is 2. The van der Waals surface area contributed by atoms with Crippen LogP contribution in [0, 0.1) is 11.3 Å². The molecule has 0 aliphatic carbocycles. The van der Waals surface area contributed by atoms with E-state index in [1.54, 1.807) is 24.3 Å². The van der Waals surface area contributed by atoms with Crippen LogP contribution in [0.15, 0.2) is 36.4 Å². The maximum absolute atomic E-state index is 12.2. The van der Waals surface area contributed by atoms with Crippen molar-refractivity contribution in [3.8, 4) is 17.6 Å². The number of rotatable bonds is 5. The fourth-order valence-corrected chi connectivity index (χ4v) is 2.55. The van der Waals surface area contributed by atoms with Crippen LogP contribution in [0.4, 0.5) is 5.69 Å². The number of anilines is 1. The van der Waals surface area contributed by atoms with Crippen molar-refractivity contribution in [3.05, 3.63) is 53.1 Å². The van der Waals surface area contributed by atoms with Crippen molar-refractivity contribution < 1.29 is 19.1 Å². The number of hydrogen-bond donors (Lipinski definition) is 1. The monoisotopic (exact) mass is 336 g/mol. The Hall–Kier alpha value is -3.33. The van der Waals surface area contributed by atoms with Crippen molar-refractivity contribution >= 4 is 17.4 Å². The number of ether oxygens (including phenoxy) is 2. The van der Waals surface area contributed by atoms with Gasteiger partial charge >= 0.3 is 0 Å². The van der Waals surface area contributed by atoms with Crippen molar-refractivity contribution in [2.75, 3.05) is 12.1 Å². The molecule has 1 N–H and O–H groups in total. The number of Topliss-reactive ketones (excluding diaryl/α,β-unsaturated/α-hetero) is 1. The molecule has 0 aromatic heterocycles. The normalized spacial score (nSPS) is 11.7. The van der Waals surface area contributed by atoms with E-state index in [2.05, 4.69) is 11.4 Å². The number of nitrogens with one attached hydrogen (secondary N) is 1. The quantitative estimate of drug-likeness (QED) is 0.848. The molecular formula is C19H16N2O4. The first-order valence-corrected chi connectivity index (χ1v) is 7.80. The second-order valence-electron chi connectivity index (χ2n) is 5.66. The first-order chi connectivity index (χ1) is 12.1. The van der Waals surface area contributed by atoms with E-state index in [-0.39, 0.29) is 24.9 Å². The maximum atomic E-state index is 12.2. The zero-order chi connectivity index (χ0) is 17.8. The molecule has 126 valence electrons. The van der Waals surface area contributed by atoms with Crippen molar-refractivity contribution in [1.29, 1.82) is 5.26 Å². The Morgan fingerprint density at radius 1 is 1.16 bits per heavy atom. The summed E-state index contributed by atoms with van der Waals surface area (Å²) in [4.78, 5) is 24.1.